The van der Waals surface area contributed by atoms with Crippen molar-refractivity contribution in [3.8, 4) is 5.75 Å². The number of hydrogen-bond acceptors (Lipinski definition) is 4. The van der Waals surface area contributed by atoms with Crippen molar-refractivity contribution in [2.24, 2.45) is 0 Å². The molecule has 0 bridgehead atoms. The van der Waals surface area contributed by atoms with Crippen LogP contribution >= 0.6 is 0 Å². The molecule has 1 amide bonds. The lowest BCUT2D eigenvalue weighted by atomic mass is 10.1. The third-order valence-corrected chi connectivity index (χ3v) is 3.37. The summed E-state index contributed by atoms with van der Waals surface area (Å²) in [7, 11) is 1.33. The first-order chi connectivity index (χ1) is 10.8. The quantitative estimate of drug-likeness (QED) is 0.858. The average Bonchev–Trinajstić information content (AvgIpc) is 3.39. The molecular formula is C17H17NO4. The Labute approximate surface area is 128 Å². The zero-order valence-corrected chi connectivity index (χ0v) is 12.2. The number of anilines is 1. The first-order valence-electron chi connectivity index (χ1n) is 7.03. The van der Waals surface area contributed by atoms with Gasteiger partial charge >= 0.3 is 6.09 Å². The van der Waals surface area contributed by atoms with Crippen molar-refractivity contribution in [2.75, 3.05) is 19.0 Å². The number of carbonyl (C=O) groups excluding carboxylic acids is 1. The van der Waals surface area contributed by atoms with Gasteiger partial charge in [-0.2, -0.15) is 0 Å². The van der Waals surface area contributed by atoms with Gasteiger partial charge in [0.2, 0.25) is 0 Å². The topological polar surface area (TPSA) is 60.1 Å². The number of rotatable bonds is 5. The monoisotopic (exact) mass is 299 g/mol. The molecule has 1 aliphatic heterocycles. The van der Waals surface area contributed by atoms with Crippen LogP contribution in [-0.2, 0) is 16.1 Å². The maximum Gasteiger partial charge on any atom is 0.411 e. The van der Waals surface area contributed by atoms with Gasteiger partial charge in [-0.1, -0.05) is 36.4 Å². The van der Waals surface area contributed by atoms with Crippen molar-refractivity contribution in [1.82, 2.24) is 0 Å². The first kappa shape index (κ1) is 14.4. The summed E-state index contributed by atoms with van der Waals surface area (Å²) in [6.45, 7) is 1.14. The molecule has 1 atom stereocenters. The molecule has 3 rings (SSSR count). The van der Waals surface area contributed by atoms with Crippen LogP contribution in [0, 0.1) is 0 Å². The van der Waals surface area contributed by atoms with Crippen LogP contribution in [0.25, 0.3) is 0 Å². The zero-order valence-electron chi connectivity index (χ0n) is 12.2. The van der Waals surface area contributed by atoms with Gasteiger partial charge in [0.15, 0.2) is 0 Å². The molecule has 0 unspecified atom stereocenters. The number of amides is 1. The van der Waals surface area contributed by atoms with Crippen molar-refractivity contribution in [2.45, 2.75) is 12.7 Å². The molecule has 2 aromatic rings. The van der Waals surface area contributed by atoms with Crippen LogP contribution in [0.4, 0.5) is 10.5 Å². The summed E-state index contributed by atoms with van der Waals surface area (Å²) >= 11 is 0. The van der Waals surface area contributed by atoms with E-state index < -0.39 is 6.09 Å². The average molecular weight is 299 g/mol. The lowest BCUT2D eigenvalue weighted by molar-refractivity contribution is 0.186. The van der Waals surface area contributed by atoms with E-state index in [9.17, 15) is 4.79 Å². The summed E-state index contributed by atoms with van der Waals surface area (Å²) in [5.74, 6) is 0.596. The molecule has 1 heterocycles. The van der Waals surface area contributed by atoms with Crippen LogP contribution in [0.1, 0.15) is 17.2 Å². The second-order valence-corrected chi connectivity index (χ2v) is 4.97. The molecule has 2 aromatic carbocycles. The molecule has 5 heteroatoms. The van der Waals surface area contributed by atoms with Crippen LogP contribution in [-0.4, -0.2) is 19.8 Å². The summed E-state index contributed by atoms with van der Waals surface area (Å²) in [4.78, 5) is 11.5. The smallest absolute Gasteiger partial charge is 0.411 e. The van der Waals surface area contributed by atoms with Crippen LogP contribution < -0.4 is 10.1 Å². The van der Waals surface area contributed by atoms with E-state index >= 15 is 0 Å². The highest BCUT2D eigenvalue weighted by molar-refractivity contribution is 5.86. The van der Waals surface area contributed by atoms with Crippen molar-refractivity contribution in [1.29, 1.82) is 0 Å². The van der Waals surface area contributed by atoms with E-state index in [4.69, 9.17) is 9.47 Å². The number of epoxide rings is 1. The summed E-state index contributed by atoms with van der Waals surface area (Å²) in [5.41, 5.74) is 2.65. The van der Waals surface area contributed by atoms with Crippen LogP contribution in [0.3, 0.4) is 0 Å². The highest BCUT2D eigenvalue weighted by Crippen LogP contribution is 2.35. The lowest BCUT2D eigenvalue weighted by Gasteiger charge is -2.13. The van der Waals surface area contributed by atoms with Gasteiger partial charge in [-0.25, -0.2) is 4.79 Å². The maximum atomic E-state index is 11.5. The van der Waals surface area contributed by atoms with E-state index in [1.807, 2.05) is 48.5 Å². The summed E-state index contributed by atoms with van der Waals surface area (Å²) in [5, 5.41) is 2.68. The lowest BCUT2D eigenvalue weighted by Crippen LogP contribution is -2.12. The van der Waals surface area contributed by atoms with Gasteiger partial charge < -0.3 is 14.2 Å². The van der Waals surface area contributed by atoms with Crippen molar-refractivity contribution in [3.05, 3.63) is 59.7 Å². The minimum atomic E-state index is -0.529. The SMILES string of the molecule is COC(=O)Nc1cc([C@H]2CO2)ccc1OCc1ccccc1. The third kappa shape index (κ3) is 3.56. The van der Waals surface area contributed by atoms with Gasteiger partial charge in [0.1, 0.15) is 18.5 Å². The van der Waals surface area contributed by atoms with Gasteiger partial charge in [0, 0.05) is 0 Å². The Morgan fingerprint density at radius 3 is 2.73 bits per heavy atom. The number of nitrogens with one attached hydrogen (secondary N) is 1. The number of carbonyl (C=O) groups is 1. The standard InChI is InChI=1S/C17H17NO4/c1-20-17(19)18-14-9-13(16-11-22-16)7-8-15(14)21-10-12-5-3-2-4-6-12/h2-9,16H,10-11H2,1H3,(H,18,19)/t16-/m1/s1. The Bertz CT molecular complexity index is 653. The molecule has 1 aliphatic rings. The van der Waals surface area contributed by atoms with E-state index in [1.165, 1.54) is 7.11 Å². The van der Waals surface area contributed by atoms with E-state index in [0.29, 0.717) is 24.7 Å². The van der Waals surface area contributed by atoms with E-state index in [2.05, 4.69) is 10.1 Å². The fourth-order valence-electron chi connectivity index (χ4n) is 2.11. The largest absolute Gasteiger partial charge is 0.487 e. The summed E-state index contributed by atoms with van der Waals surface area (Å²) < 4.78 is 15.7. The highest BCUT2D eigenvalue weighted by atomic mass is 16.6. The van der Waals surface area contributed by atoms with Crippen molar-refractivity contribution >= 4 is 11.8 Å². The van der Waals surface area contributed by atoms with E-state index in [-0.39, 0.29) is 6.10 Å². The Morgan fingerprint density at radius 1 is 1.27 bits per heavy atom. The van der Waals surface area contributed by atoms with Gasteiger partial charge in [0.25, 0.3) is 0 Å². The molecule has 0 aliphatic carbocycles. The highest BCUT2D eigenvalue weighted by Gasteiger charge is 2.25. The molecule has 1 saturated heterocycles. The van der Waals surface area contributed by atoms with Gasteiger partial charge in [0.05, 0.1) is 19.4 Å². The second kappa shape index (κ2) is 6.49. The number of benzene rings is 2. The van der Waals surface area contributed by atoms with Crippen LogP contribution in [0.15, 0.2) is 48.5 Å². The van der Waals surface area contributed by atoms with Gasteiger partial charge in [-0.3, -0.25) is 5.32 Å². The maximum absolute atomic E-state index is 11.5. The normalized spacial score (nSPS) is 16.0. The Morgan fingerprint density at radius 2 is 2.05 bits per heavy atom. The van der Waals surface area contributed by atoms with E-state index in [1.54, 1.807) is 0 Å². The molecule has 1 fully saturated rings. The molecule has 0 spiro atoms. The summed E-state index contributed by atoms with van der Waals surface area (Å²) in [6.07, 6.45) is -0.417. The Kier molecular flexibility index (Phi) is 4.25. The fraction of sp³-hybridized carbons (Fsp3) is 0.235. The van der Waals surface area contributed by atoms with Gasteiger partial charge in [-0.05, 0) is 23.3 Å². The molecule has 5 nitrogen and oxygen atoms in total. The van der Waals surface area contributed by atoms with Crippen LogP contribution in [0.5, 0.6) is 5.75 Å². The molecule has 0 saturated carbocycles. The number of hydrogen-bond donors (Lipinski definition) is 1. The van der Waals surface area contributed by atoms with Crippen molar-refractivity contribution in [3.63, 3.8) is 0 Å². The predicted molar refractivity (Wildman–Crippen MR) is 81.9 cm³/mol. The van der Waals surface area contributed by atoms with Gasteiger partial charge in [-0.15, -0.1) is 0 Å². The molecular weight excluding hydrogens is 282 g/mol. The fourth-order valence-corrected chi connectivity index (χ4v) is 2.11. The van der Waals surface area contributed by atoms with Crippen molar-refractivity contribution < 1.29 is 19.0 Å². The first-order valence-corrected chi connectivity index (χ1v) is 7.03. The molecule has 0 aromatic heterocycles. The summed E-state index contributed by atoms with van der Waals surface area (Å²) in [6, 6.07) is 15.5. The molecule has 114 valence electrons. The van der Waals surface area contributed by atoms with Crippen LogP contribution in [0.2, 0.25) is 0 Å². The minimum absolute atomic E-state index is 0.112. The second-order valence-electron chi connectivity index (χ2n) is 4.97. The number of methoxy groups -OCH3 is 1. The Balaban J connectivity index is 1.77. The predicted octanol–water partition coefficient (Wildman–Crippen LogP) is 3.52. The molecule has 22 heavy (non-hydrogen) atoms. The molecule has 0 radical (unpaired) electrons. The Hall–Kier alpha value is -2.53. The zero-order chi connectivity index (χ0) is 15.4. The minimum Gasteiger partial charge on any atom is -0.487 e. The third-order valence-electron chi connectivity index (χ3n) is 3.37. The van der Waals surface area contributed by atoms with E-state index in [0.717, 1.165) is 11.1 Å². The molecule has 1 N–H and O–H groups in total. The number of ether oxygens (including phenoxy) is 3.